The highest BCUT2D eigenvalue weighted by Crippen LogP contribution is 2.49. The summed E-state index contributed by atoms with van der Waals surface area (Å²) in [7, 11) is 0. The van der Waals surface area contributed by atoms with Gasteiger partial charge in [-0.25, -0.2) is 4.79 Å². The van der Waals surface area contributed by atoms with Gasteiger partial charge in [0.2, 0.25) is 0 Å². The Bertz CT molecular complexity index is 417. The van der Waals surface area contributed by atoms with Gasteiger partial charge in [0.25, 0.3) is 0 Å². The number of allylic oxidation sites excluding steroid dienone is 2. The van der Waals surface area contributed by atoms with Gasteiger partial charge in [-0.05, 0) is 25.7 Å². The molecule has 4 heteroatoms. The summed E-state index contributed by atoms with van der Waals surface area (Å²) >= 11 is 0. The van der Waals surface area contributed by atoms with Crippen LogP contribution in [0.1, 0.15) is 26.2 Å². The number of rotatable bonds is 3. The summed E-state index contributed by atoms with van der Waals surface area (Å²) in [6.07, 6.45) is 7.61. The monoisotopic (exact) mass is 236 g/mol. The number of carboxylic acid groups (broad SMARTS) is 2. The predicted molar refractivity (Wildman–Crippen MR) is 61.4 cm³/mol. The summed E-state index contributed by atoms with van der Waals surface area (Å²) in [5.74, 6) is -2.17. The molecule has 0 aromatic rings. The zero-order valence-corrected chi connectivity index (χ0v) is 9.72. The Kier molecular flexibility index (Phi) is 2.81. The largest absolute Gasteiger partial charge is 0.481 e. The van der Waals surface area contributed by atoms with E-state index in [0.29, 0.717) is 0 Å². The molecule has 0 radical (unpaired) electrons. The smallest absolute Gasteiger partial charge is 0.331 e. The van der Waals surface area contributed by atoms with Crippen molar-refractivity contribution < 1.29 is 19.8 Å². The van der Waals surface area contributed by atoms with E-state index in [2.05, 4.69) is 0 Å². The number of carboxylic acids is 2. The lowest BCUT2D eigenvalue weighted by Crippen LogP contribution is -2.44. The fourth-order valence-electron chi connectivity index (χ4n) is 2.81. The van der Waals surface area contributed by atoms with Crippen molar-refractivity contribution in [3.05, 3.63) is 23.8 Å². The molecule has 0 saturated heterocycles. The predicted octanol–water partition coefficient (Wildman–Crippen LogP) is 2.07. The van der Waals surface area contributed by atoms with Crippen LogP contribution < -0.4 is 0 Å². The molecule has 0 heterocycles. The highest BCUT2D eigenvalue weighted by Gasteiger charge is 2.49. The molecule has 1 fully saturated rings. The molecule has 2 aliphatic rings. The van der Waals surface area contributed by atoms with Crippen molar-refractivity contribution in [3.63, 3.8) is 0 Å². The van der Waals surface area contributed by atoms with E-state index in [4.69, 9.17) is 0 Å². The van der Waals surface area contributed by atoms with E-state index in [1.165, 1.54) is 6.08 Å². The zero-order chi connectivity index (χ0) is 12.6. The first-order valence-corrected chi connectivity index (χ1v) is 5.83. The maximum Gasteiger partial charge on any atom is 0.331 e. The second-order valence-electron chi connectivity index (χ2n) is 5.04. The molecular weight excluding hydrogens is 220 g/mol. The molecule has 1 saturated carbocycles. The van der Waals surface area contributed by atoms with Gasteiger partial charge in [0.05, 0.1) is 5.41 Å². The first-order valence-electron chi connectivity index (χ1n) is 5.83. The van der Waals surface area contributed by atoms with Crippen molar-refractivity contribution in [1.29, 1.82) is 0 Å². The summed E-state index contributed by atoms with van der Waals surface area (Å²) in [5, 5.41) is 18.6. The van der Waals surface area contributed by atoms with Crippen LogP contribution in [-0.2, 0) is 9.59 Å². The van der Waals surface area contributed by atoms with Gasteiger partial charge in [-0.1, -0.05) is 24.6 Å². The third-order valence-corrected chi connectivity index (χ3v) is 4.03. The standard InChI is InChI=1S/C13H16O4/c1-13(12(16)17)7-3-6-9(11(14)15)10(13)8-4-2-5-8/h3,6-8,10H,2,4-5H2,1H3,(H,14,15)(H,16,17). The van der Waals surface area contributed by atoms with E-state index in [9.17, 15) is 19.8 Å². The first kappa shape index (κ1) is 11.9. The first-order chi connectivity index (χ1) is 7.97. The van der Waals surface area contributed by atoms with E-state index in [0.717, 1.165) is 19.3 Å². The van der Waals surface area contributed by atoms with Crippen molar-refractivity contribution >= 4 is 11.9 Å². The summed E-state index contributed by atoms with van der Waals surface area (Å²) in [6.45, 7) is 1.62. The second kappa shape index (κ2) is 4.02. The molecule has 17 heavy (non-hydrogen) atoms. The Morgan fingerprint density at radius 2 is 2.00 bits per heavy atom. The molecule has 4 nitrogen and oxygen atoms in total. The lowest BCUT2D eigenvalue weighted by Gasteiger charge is -2.43. The van der Waals surface area contributed by atoms with Crippen molar-refractivity contribution in [2.75, 3.05) is 0 Å². The average Bonchev–Trinajstić information content (AvgIpc) is 2.17. The Morgan fingerprint density at radius 1 is 1.35 bits per heavy atom. The molecule has 2 N–H and O–H groups in total. The Hall–Kier alpha value is -1.58. The highest BCUT2D eigenvalue weighted by atomic mass is 16.4. The maximum atomic E-state index is 11.4. The third-order valence-electron chi connectivity index (χ3n) is 4.03. The van der Waals surface area contributed by atoms with Crippen LogP contribution >= 0.6 is 0 Å². The van der Waals surface area contributed by atoms with E-state index in [-0.39, 0.29) is 11.5 Å². The van der Waals surface area contributed by atoms with E-state index >= 15 is 0 Å². The van der Waals surface area contributed by atoms with Crippen LogP contribution in [-0.4, -0.2) is 22.2 Å². The summed E-state index contributed by atoms with van der Waals surface area (Å²) in [4.78, 5) is 22.7. The quantitative estimate of drug-likeness (QED) is 0.786. The Labute approximate surface area is 99.6 Å². The van der Waals surface area contributed by atoms with Crippen LogP contribution in [0.25, 0.3) is 0 Å². The van der Waals surface area contributed by atoms with Crippen LogP contribution in [0.3, 0.4) is 0 Å². The van der Waals surface area contributed by atoms with Gasteiger partial charge in [-0.15, -0.1) is 0 Å². The number of aliphatic carboxylic acids is 2. The molecule has 92 valence electrons. The van der Waals surface area contributed by atoms with Gasteiger partial charge >= 0.3 is 11.9 Å². The third kappa shape index (κ3) is 1.77. The zero-order valence-electron chi connectivity index (χ0n) is 9.72. The van der Waals surface area contributed by atoms with Crippen LogP contribution in [0.4, 0.5) is 0 Å². The average molecular weight is 236 g/mol. The highest BCUT2D eigenvalue weighted by molar-refractivity contribution is 5.91. The molecule has 2 rings (SSSR count). The van der Waals surface area contributed by atoms with Gasteiger partial charge in [-0.3, -0.25) is 4.79 Å². The van der Waals surface area contributed by atoms with E-state index < -0.39 is 23.3 Å². The number of carbonyl (C=O) groups is 2. The molecule has 0 aliphatic heterocycles. The lowest BCUT2D eigenvalue weighted by molar-refractivity contribution is -0.149. The van der Waals surface area contributed by atoms with Gasteiger partial charge in [0.15, 0.2) is 0 Å². The summed E-state index contributed by atoms with van der Waals surface area (Å²) in [6, 6.07) is 0. The minimum Gasteiger partial charge on any atom is -0.481 e. The van der Waals surface area contributed by atoms with Crippen molar-refractivity contribution in [2.45, 2.75) is 26.2 Å². The molecule has 2 aliphatic carbocycles. The summed E-state index contributed by atoms with van der Waals surface area (Å²) in [5.41, 5.74) is -0.852. The van der Waals surface area contributed by atoms with Crippen LogP contribution in [0.15, 0.2) is 23.8 Å². The van der Waals surface area contributed by atoms with Gasteiger partial charge in [0, 0.05) is 11.5 Å². The number of hydrogen-bond acceptors (Lipinski definition) is 2. The van der Waals surface area contributed by atoms with Gasteiger partial charge in [-0.2, -0.15) is 0 Å². The van der Waals surface area contributed by atoms with Crippen LogP contribution in [0, 0.1) is 17.3 Å². The molecule has 0 aromatic heterocycles. The minimum absolute atomic E-state index is 0.184. The number of hydrogen-bond donors (Lipinski definition) is 2. The molecule has 0 aromatic carbocycles. The normalized spacial score (nSPS) is 32.8. The molecular formula is C13H16O4. The van der Waals surface area contributed by atoms with Crippen molar-refractivity contribution in [1.82, 2.24) is 0 Å². The molecule has 2 atom stereocenters. The van der Waals surface area contributed by atoms with E-state index in [1.54, 1.807) is 19.1 Å². The molecule has 0 spiro atoms. The Balaban J connectivity index is 2.41. The molecule has 0 amide bonds. The van der Waals surface area contributed by atoms with Crippen molar-refractivity contribution in [3.8, 4) is 0 Å². The lowest BCUT2D eigenvalue weighted by atomic mass is 9.59. The minimum atomic E-state index is -1.09. The maximum absolute atomic E-state index is 11.4. The van der Waals surface area contributed by atoms with Gasteiger partial charge < -0.3 is 10.2 Å². The van der Waals surface area contributed by atoms with Crippen LogP contribution in [0.2, 0.25) is 0 Å². The van der Waals surface area contributed by atoms with E-state index in [1.807, 2.05) is 0 Å². The fraction of sp³-hybridized carbons (Fsp3) is 0.538. The SMILES string of the molecule is CC1(C(=O)O)C=CC=C(C(=O)O)C1C1CCC1. The molecule has 0 bridgehead atoms. The fourth-order valence-corrected chi connectivity index (χ4v) is 2.81. The topological polar surface area (TPSA) is 74.6 Å². The summed E-state index contributed by atoms with van der Waals surface area (Å²) < 4.78 is 0. The second-order valence-corrected chi connectivity index (χ2v) is 5.04. The van der Waals surface area contributed by atoms with Gasteiger partial charge in [0.1, 0.15) is 0 Å². The van der Waals surface area contributed by atoms with Crippen LogP contribution in [0.5, 0.6) is 0 Å². The van der Waals surface area contributed by atoms with Crippen molar-refractivity contribution in [2.24, 2.45) is 17.3 Å². The molecule has 2 unspecified atom stereocenters. The Morgan fingerprint density at radius 3 is 2.41 bits per heavy atom.